The van der Waals surface area contributed by atoms with Crippen LogP contribution in [0.5, 0.6) is 0 Å². The average molecular weight is 367 g/mol. The largest absolute Gasteiger partial charge is 0.321 e. The highest BCUT2D eigenvalue weighted by Gasteiger charge is 2.14. The van der Waals surface area contributed by atoms with Gasteiger partial charge in [0.2, 0.25) is 0 Å². The molecule has 1 aromatic heterocycles. The van der Waals surface area contributed by atoms with Gasteiger partial charge in [0.25, 0.3) is 11.5 Å². The van der Waals surface area contributed by atoms with Crippen molar-refractivity contribution in [3.05, 3.63) is 98.4 Å². The summed E-state index contributed by atoms with van der Waals surface area (Å²) in [6, 6.07) is 16.3. The van der Waals surface area contributed by atoms with Crippen molar-refractivity contribution in [2.45, 2.75) is 20.4 Å². The van der Waals surface area contributed by atoms with Crippen molar-refractivity contribution >= 4 is 23.2 Å². The molecule has 0 radical (unpaired) electrons. The number of halogens is 1. The van der Waals surface area contributed by atoms with Gasteiger partial charge in [-0.1, -0.05) is 41.9 Å². The fourth-order valence-corrected chi connectivity index (χ4v) is 3.07. The van der Waals surface area contributed by atoms with E-state index in [0.717, 1.165) is 22.4 Å². The molecule has 0 fully saturated rings. The minimum atomic E-state index is -0.409. The molecule has 3 aromatic rings. The van der Waals surface area contributed by atoms with Gasteiger partial charge in [-0.3, -0.25) is 9.59 Å². The lowest BCUT2D eigenvalue weighted by Gasteiger charge is -2.12. The van der Waals surface area contributed by atoms with E-state index in [-0.39, 0.29) is 11.1 Å². The van der Waals surface area contributed by atoms with Gasteiger partial charge < -0.3 is 9.88 Å². The number of nitrogens with zero attached hydrogens (tertiary/aromatic N) is 1. The maximum Gasteiger partial charge on any atom is 0.263 e. The Morgan fingerprint density at radius 2 is 1.73 bits per heavy atom. The number of amides is 1. The van der Waals surface area contributed by atoms with Gasteiger partial charge in [0, 0.05) is 16.9 Å². The number of para-hydroxylation sites is 1. The molecule has 0 aliphatic heterocycles. The summed E-state index contributed by atoms with van der Waals surface area (Å²) in [5, 5.41) is 3.47. The van der Waals surface area contributed by atoms with Crippen molar-refractivity contribution in [2.75, 3.05) is 5.32 Å². The van der Waals surface area contributed by atoms with Crippen LogP contribution >= 0.6 is 11.6 Å². The molecule has 2 aromatic carbocycles. The third kappa shape index (κ3) is 3.86. The predicted molar refractivity (Wildman–Crippen MR) is 105 cm³/mol. The Bertz CT molecular complexity index is 1000. The second-order valence-electron chi connectivity index (χ2n) is 6.21. The zero-order valence-corrected chi connectivity index (χ0v) is 15.4. The minimum Gasteiger partial charge on any atom is -0.321 e. The lowest BCUT2D eigenvalue weighted by molar-refractivity contribution is 0.102. The Hall–Kier alpha value is -2.85. The SMILES string of the molecule is Cc1cccc(C)c1NC(=O)c1cccn(Cc2cccc(Cl)c2)c1=O. The molecule has 3 rings (SSSR count). The first-order valence-corrected chi connectivity index (χ1v) is 8.65. The van der Waals surface area contributed by atoms with E-state index in [4.69, 9.17) is 11.6 Å². The van der Waals surface area contributed by atoms with Crippen molar-refractivity contribution in [3.8, 4) is 0 Å². The van der Waals surface area contributed by atoms with E-state index >= 15 is 0 Å². The van der Waals surface area contributed by atoms with Crippen molar-refractivity contribution in [1.29, 1.82) is 0 Å². The number of pyridine rings is 1. The van der Waals surface area contributed by atoms with Crippen LogP contribution in [0, 0.1) is 13.8 Å². The summed E-state index contributed by atoms with van der Waals surface area (Å²) in [6.45, 7) is 4.19. The van der Waals surface area contributed by atoms with Gasteiger partial charge in [-0.25, -0.2) is 0 Å². The smallest absolute Gasteiger partial charge is 0.263 e. The summed E-state index contributed by atoms with van der Waals surface area (Å²) in [5.41, 5.74) is 3.31. The first-order valence-electron chi connectivity index (χ1n) is 8.27. The second-order valence-corrected chi connectivity index (χ2v) is 6.64. The van der Waals surface area contributed by atoms with Gasteiger partial charge >= 0.3 is 0 Å². The number of hydrogen-bond acceptors (Lipinski definition) is 2. The normalized spacial score (nSPS) is 10.6. The zero-order chi connectivity index (χ0) is 18.7. The number of rotatable bonds is 4. The van der Waals surface area contributed by atoms with Crippen LogP contribution in [-0.2, 0) is 6.54 Å². The molecule has 0 aliphatic carbocycles. The summed E-state index contributed by atoms with van der Waals surface area (Å²) >= 11 is 6.00. The van der Waals surface area contributed by atoms with E-state index in [9.17, 15) is 9.59 Å². The summed E-state index contributed by atoms with van der Waals surface area (Å²) in [4.78, 5) is 25.4. The fourth-order valence-electron chi connectivity index (χ4n) is 2.86. The first-order chi connectivity index (χ1) is 12.5. The highest BCUT2D eigenvalue weighted by Crippen LogP contribution is 2.20. The highest BCUT2D eigenvalue weighted by atomic mass is 35.5. The minimum absolute atomic E-state index is 0.109. The third-order valence-corrected chi connectivity index (χ3v) is 4.46. The molecule has 0 aliphatic rings. The monoisotopic (exact) mass is 366 g/mol. The standard InChI is InChI=1S/C21H19ClN2O2/c1-14-6-3-7-15(2)19(14)23-20(25)18-10-5-11-24(21(18)26)13-16-8-4-9-17(22)12-16/h3-12H,13H2,1-2H3,(H,23,25). The summed E-state index contributed by atoms with van der Waals surface area (Å²) in [7, 11) is 0. The molecule has 1 N–H and O–H groups in total. The molecular weight excluding hydrogens is 348 g/mol. The number of benzene rings is 2. The number of nitrogens with one attached hydrogen (secondary N) is 1. The van der Waals surface area contributed by atoms with Gasteiger partial charge in [-0.05, 0) is 54.8 Å². The molecule has 26 heavy (non-hydrogen) atoms. The van der Waals surface area contributed by atoms with E-state index in [0.29, 0.717) is 11.6 Å². The van der Waals surface area contributed by atoms with E-state index < -0.39 is 5.91 Å². The Kier molecular flexibility index (Phi) is 5.24. The molecule has 1 heterocycles. The third-order valence-electron chi connectivity index (χ3n) is 4.23. The van der Waals surface area contributed by atoms with Crippen LogP contribution in [0.15, 0.2) is 65.6 Å². The van der Waals surface area contributed by atoms with Crippen LogP contribution in [0.25, 0.3) is 0 Å². The predicted octanol–water partition coefficient (Wildman–Crippen LogP) is 4.42. The highest BCUT2D eigenvalue weighted by molar-refractivity contribution is 6.30. The van der Waals surface area contributed by atoms with E-state index in [1.807, 2.05) is 44.2 Å². The molecule has 5 heteroatoms. The van der Waals surface area contributed by atoms with Gasteiger partial charge in [-0.2, -0.15) is 0 Å². The van der Waals surface area contributed by atoms with Crippen LogP contribution < -0.4 is 10.9 Å². The maximum atomic E-state index is 12.7. The summed E-state index contributed by atoms with van der Waals surface area (Å²) < 4.78 is 1.51. The summed E-state index contributed by atoms with van der Waals surface area (Å²) in [5.74, 6) is -0.409. The van der Waals surface area contributed by atoms with Crippen molar-refractivity contribution in [3.63, 3.8) is 0 Å². The van der Waals surface area contributed by atoms with Crippen molar-refractivity contribution < 1.29 is 4.79 Å². The van der Waals surface area contributed by atoms with E-state index in [1.165, 1.54) is 4.57 Å². The number of aromatic nitrogens is 1. The Balaban J connectivity index is 1.89. The van der Waals surface area contributed by atoms with Crippen LogP contribution in [0.4, 0.5) is 5.69 Å². The first kappa shape index (κ1) is 18.0. The number of anilines is 1. The number of hydrogen-bond donors (Lipinski definition) is 1. The Morgan fingerprint density at radius 3 is 2.42 bits per heavy atom. The average Bonchev–Trinajstić information content (AvgIpc) is 2.60. The van der Waals surface area contributed by atoms with Crippen molar-refractivity contribution in [2.24, 2.45) is 0 Å². The molecule has 0 atom stereocenters. The van der Waals surface area contributed by atoms with Gasteiger partial charge in [0.05, 0.1) is 6.54 Å². The van der Waals surface area contributed by atoms with Crippen LogP contribution in [0.1, 0.15) is 27.0 Å². The quantitative estimate of drug-likeness (QED) is 0.743. The van der Waals surface area contributed by atoms with E-state index in [2.05, 4.69) is 5.32 Å². The molecule has 1 amide bonds. The lowest BCUT2D eigenvalue weighted by atomic mass is 10.1. The second kappa shape index (κ2) is 7.58. The van der Waals surface area contributed by atoms with Gasteiger partial charge in [0.1, 0.15) is 5.56 Å². The lowest BCUT2D eigenvalue weighted by Crippen LogP contribution is -2.29. The Morgan fingerprint density at radius 1 is 1.04 bits per heavy atom. The maximum absolute atomic E-state index is 12.7. The van der Waals surface area contributed by atoms with Crippen molar-refractivity contribution in [1.82, 2.24) is 4.57 Å². The van der Waals surface area contributed by atoms with Crippen LogP contribution in [0.2, 0.25) is 5.02 Å². The molecule has 4 nitrogen and oxygen atoms in total. The van der Waals surface area contributed by atoms with Crippen LogP contribution in [0.3, 0.4) is 0 Å². The topological polar surface area (TPSA) is 51.1 Å². The molecule has 0 saturated carbocycles. The number of carbonyl (C=O) groups excluding carboxylic acids is 1. The molecule has 0 spiro atoms. The molecular formula is C21H19ClN2O2. The zero-order valence-electron chi connectivity index (χ0n) is 14.6. The summed E-state index contributed by atoms with van der Waals surface area (Å²) in [6.07, 6.45) is 1.67. The number of aryl methyl sites for hydroxylation is 2. The Labute approximate surface area is 157 Å². The molecule has 0 bridgehead atoms. The molecule has 0 unspecified atom stereocenters. The number of carbonyl (C=O) groups is 1. The molecule has 0 saturated heterocycles. The molecule has 132 valence electrons. The van der Waals surface area contributed by atoms with E-state index in [1.54, 1.807) is 30.5 Å². The fraction of sp³-hybridized carbons (Fsp3) is 0.143. The van der Waals surface area contributed by atoms with Gasteiger partial charge in [0.15, 0.2) is 0 Å². The van der Waals surface area contributed by atoms with Gasteiger partial charge in [-0.15, -0.1) is 0 Å². The van der Waals surface area contributed by atoms with Crippen LogP contribution in [-0.4, -0.2) is 10.5 Å².